The zero-order valence-corrected chi connectivity index (χ0v) is 9.13. The number of sulfone groups is 1. The van der Waals surface area contributed by atoms with Gasteiger partial charge in [0.25, 0.3) is 0 Å². The van der Waals surface area contributed by atoms with Crippen LogP contribution in [-0.4, -0.2) is 19.2 Å². The van der Waals surface area contributed by atoms with Crippen LogP contribution in [0, 0.1) is 0 Å². The fraction of sp³-hybridized carbons (Fsp3) is 0.444. The minimum atomic E-state index is -4.51. The normalized spacial score (nSPS) is 12.4. The van der Waals surface area contributed by atoms with Gasteiger partial charge in [-0.25, -0.2) is 8.42 Å². The average Bonchev–Trinajstić information content (AvgIpc) is 2.17. The van der Waals surface area contributed by atoms with E-state index in [9.17, 15) is 17.2 Å². The van der Waals surface area contributed by atoms with Gasteiger partial charge in [-0.2, -0.15) is 8.78 Å². The Hall–Kier alpha value is -1.04. The monoisotopic (exact) mass is 235 g/mol. The van der Waals surface area contributed by atoms with Crippen LogP contribution < -0.4 is 0 Å². The molecule has 0 aliphatic rings. The summed E-state index contributed by atoms with van der Waals surface area (Å²) in [6.45, 7) is 3.61. The Morgan fingerprint density at radius 1 is 1.33 bits per heavy atom. The first kappa shape index (κ1) is 12.0. The minimum absolute atomic E-state index is 0.00202. The maximum absolute atomic E-state index is 12.2. The molecular weight excluding hydrogens is 224 g/mol. The minimum Gasteiger partial charge on any atom is -0.261 e. The van der Waals surface area contributed by atoms with Gasteiger partial charge in [0.05, 0.1) is 4.90 Å². The lowest BCUT2D eigenvalue weighted by Gasteiger charge is -2.07. The van der Waals surface area contributed by atoms with Crippen LogP contribution in [0.5, 0.6) is 0 Å². The molecule has 3 nitrogen and oxygen atoms in total. The lowest BCUT2D eigenvalue weighted by atomic mass is 10.1. The molecule has 0 bridgehead atoms. The van der Waals surface area contributed by atoms with Crippen LogP contribution in [0.25, 0.3) is 0 Å². The van der Waals surface area contributed by atoms with Gasteiger partial charge in [0.15, 0.2) is 0 Å². The maximum Gasteiger partial charge on any atom is 0.341 e. The van der Waals surface area contributed by atoms with Crippen molar-refractivity contribution < 1.29 is 17.2 Å². The molecule has 1 rings (SSSR count). The molecule has 0 amide bonds. The Bertz CT molecular complexity index is 443. The Kier molecular flexibility index (Phi) is 3.38. The lowest BCUT2D eigenvalue weighted by molar-refractivity contribution is 0.234. The second-order valence-electron chi connectivity index (χ2n) is 3.38. The first-order chi connectivity index (χ1) is 6.85. The molecule has 0 fully saturated rings. The van der Waals surface area contributed by atoms with Gasteiger partial charge in [-0.05, 0) is 18.1 Å². The zero-order chi connectivity index (χ0) is 11.6. The number of alkyl halides is 2. The smallest absolute Gasteiger partial charge is 0.261 e. The van der Waals surface area contributed by atoms with E-state index in [-0.39, 0.29) is 10.8 Å². The predicted molar refractivity (Wildman–Crippen MR) is 51.5 cm³/mol. The molecular formula is C9H11F2NO2S. The number of halogens is 2. The first-order valence-electron chi connectivity index (χ1n) is 4.33. The third-order valence-electron chi connectivity index (χ3n) is 1.91. The molecule has 0 saturated carbocycles. The Labute approximate surface area is 87.1 Å². The van der Waals surface area contributed by atoms with E-state index in [4.69, 9.17) is 0 Å². The van der Waals surface area contributed by atoms with E-state index in [2.05, 4.69) is 4.98 Å². The summed E-state index contributed by atoms with van der Waals surface area (Å²) in [5.41, 5.74) is 0.483. The highest BCUT2D eigenvalue weighted by Gasteiger charge is 2.26. The summed E-state index contributed by atoms with van der Waals surface area (Å²) in [6, 6.07) is 2.26. The summed E-state index contributed by atoms with van der Waals surface area (Å²) in [5, 5.41) is 0. The van der Waals surface area contributed by atoms with Gasteiger partial charge in [-0.15, -0.1) is 0 Å². The van der Waals surface area contributed by atoms with Crippen molar-refractivity contribution in [2.24, 2.45) is 0 Å². The number of pyridine rings is 1. The van der Waals surface area contributed by atoms with E-state index in [0.717, 1.165) is 6.07 Å². The summed E-state index contributed by atoms with van der Waals surface area (Å²) in [5.74, 6) is -3.39. The number of aromatic nitrogens is 1. The van der Waals surface area contributed by atoms with Crippen LogP contribution in [0.1, 0.15) is 25.5 Å². The van der Waals surface area contributed by atoms with Crippen molar-refractivity contribution in [3.8, 4) is 0 Å². The van der Waals surface area contributed by atoms with Gasteiger partial charge in [0, 0.05) is 11.9 Å². The predicted octanol–water partition coefficient (Wildman–Crippen LogP) is 2.20. The molecule has 0 aliphatic heterocycles. The zero-order valence-electron chi connectivity index (χ0n) is 8.31. The van der Waals surface area contributed by atoms with Crippen molar-refractivity contribution in [3.63, 3.8) is 0 Å². The molecule has 1 aromatic heterocycles. The molecule has 0 unspecified atom stereocenters. The molecule has 0 N–H and O–H groups in total. The van der Waals surface area contributed by atoms with Gasteiger partial charge < -0.3 is 0 Å². The summed E-state index contributed by atoms with van der Waals surface area (Å²) in [7, 11) is -4.51. The van der Waals surface area contributed by atoms with Crippen molar-refractivity contribution in [2.45, 2.75) is 30.4 Å². The molecule has 0 aliphatic carbocycles. The van der Waals surface area contributed by atoms with Crippen LogP contribution in [-0.2, 0) is 9.84 Å². The standard InChI is InChI=1S/C9H11F2NO2S/c1-6(2)8-5-7(3-4-12-8)15(13,14)9(10)11/h3-6,9H,1-2H3. The number of hydrogen-bond acceptors (Lipinski definition) is 3. The Morgan fingerprint density at radius 3 is 2.40 bits per heavy atom. The second-order valence-corrected chi connectivity index (χ2v) is 5.29. The van der Waals surface area contributed by atoms with Crippen molar-refractivity contribution in [1.82, 2.24) is 4.98 Å². The molecule has 6 heteroatoms. The lowest BCUT2D eigenvalue weighted by Crippen LogP contribution is -2.12. The Morgan fingerprint density at radius 2 is 1.93 bits per heavy atom. The summed E-state index contributed by atoms with van der Waals surface area (Å²) < 4.78 is 46.7. The maximum atomic E-state index is 12.2. The SMILES string of the molecule is CC(C)c1cc(S(=O)(=O)C(F)F)ccn1. The average molecular weight is 235 g/mol. The molecule has 0 radical (unpaired) electrons. The fourth-order valence-electron chi connectivity index (χ4n) is 1.02. The third kappa shape index (κ3) is 2.50. The van der Waals surface area contributed by atoms with E-state index < -0.39 is 15.6 Å². The van der Waals surface area contributed by atoms with Crippen LogP contribution in [0.3, 0.4) is 0 Å². The van der Waals surface area contributed by atoms with Crippen molar-refractivity contribution in [3.05, 3.63) is 24.0 Å². The van der Waals surface area contributed by atoms with Crippen molar-refractivity contribution in [1.29, 1.82) is 0 Å². The van der Waals surface area contributed by atoms with Gasteiger partial charge in [0.1, 0.15) is 0 Å². The van der Waals surface area contributed by atoms with Crippen LogP contribution >= 0.6 is 0 Å². The van der Waals surface area contributed by atoms with E-state index in [0.29, 0.717) is 5.69 Å². The topological polar surface area (TPSA) is 47.0 Å². The van der Waals surface area contributed by atoms with E-state index in [1.54, 1.807) is 13.8 Å². The largest absolute Gasteiger partial charge is 0.341 e. The van der Waals surface area contributed by atoms with Gasteiger partial charge in [-0.3, -0.25) is 4.98 Å². The summed E-state index contributed by atoms with van der Waals surface area (Å²) >= 11 is 0. The van der Waals surface area contributed by atoms with Crippen LogP contribution in [0.2, 0.25) is 0 Å². The molecule has 0 atom stereocenters. The van der Waals surface area contributed by atoms with Gasteiger partial charge in [0.2, 0.25) is 9.84 Å². The van der Waals surface area contributed by atoms with E-state index in [1.165, 1.54) is 12.3 Å². The third-order valence-corrected chi connectivity index (χ3v) is 3.29. The molecule has 84 valence electrons. The Balaban J connectivity index is 3.23. The fourth-order valence-corrected chi connectivity index (χ4v) is 1.76. The molecule has 0 saturated heterocycles. The highest BCUT2D eigenvalue weighted by atomic mass is 32.2. The van der Waals surface area contributed by atoms with Crippen molar-refractivity contribution in [2.75, 3.05) is 0 Å². The second kappa shape index (κ2) is 4.22. The summed E-state index contributed by atoms with van der Waals surface area (Å²) in [4.78, 5) is 3.52. The molecule has 15 heavy (non-hydrogen) atoms. The van der Waals surface area contributed by atoms with E-state index in [1.807, 2.05) is 0 Å². The van der Waals surface area contributed by atoms with Gasteiger partial charge in [-0.1, -0.05) is 13.8 Å². The van der Waals surface area contributed by atoms with Crippen molar-refractivity contribution >= 4 is 9.84 Å². The van der Waals surface area contributed by atoms with Crippen LogP contribution in [0.4, 0.5) is 8.78 Å². The molecule has 0 aromatic carbocycles. The first-order valence-corrected chi connectivity index (χ1v) is 5.88. The highest BCUT2D eigenvalue weighted by molar-refractivity contribution is 7.91. The molecule has 0 spiro atoms. The van der Waals surface area contributed by atoms with Gasteiger partial charge >= 0.3 is 5.76 Å². The molecule has 1 heterocycles. The highest BCUT2D eigenvalue weighted by Crippen LogP contribution is 2.20. The number of nitrogens with zero attached hydrogens (tertiary/aromatic N) is 1. The number of hydrogen-bond donors (Lipinski definition) is 0. The number of rotatable bonds is 3. The quantitative estimate of drug-likeness (QED) is 0.806. The molecule has 1 aromatic rings. The summed E-state index contributed by atoms with van der Waals surface area (Å²) in [6.07, 6.45) is 1.23. The van der Waals surface area contributed by atoms with E-state index >= 15 is 0 Å². The van der Waals surface area contributed by atoms with Crippen LogP contribution in [0.15, 0.2) is 23.2 Å².